The molecule has 1 atom stereocenters. The van der Waals surface area contributed by atoms with Gasteiger partial charge in [-0.1, -0.05) is 29.8 Å². The zero-order valence-electron chi connectivity index (χ0n) is 11.3. The maximum atomic E-state index is 12.0. The van der Waals surface area contributed by atoms with Crippen LogP contribution in [0.15, 0.2) is 36.4 Å². The molecule has 110 valence electrons. The van der Waals surface area contributed by atoms with Crippen molar-refractivity contribution in [3.05, 3.63) is 51.2 Å². The van der Waals surface area contributed by atoms with Crippen LogP contribution in [0.5, 0.6) is 5.75 Å². The van der Waals surface area contributed by atoms with E-state index < -0.39 is 0 Å². The van der Waals surface area contributed by atoms with Crippen LogP contribution in [-0.2, 0) is 6.54 Å². The summed E-state index contributed by atoms with van der Waals surface area (Å²) in [6.45, 7) is 1.09. The van der Waals surface area contributed by atoms with Crippen LogP contribution in [0.3, 0.4) is 0 Å². The highest BCUT2D eigenvalue weighted by Crippen LogP contribution is 2.31. The van der Waals surface area contributed by atoms with Crippen molar-refractivity contribution in [1.29, 1.82) is 0 Å². The molecule has 1 aromatic heterocycles. The van der Waals surface area contributed by atoms with Crippen molar-refractivity contribution >= 4 is 29.0 Å². The Labute approximate surface area is 132 Å². The summed E-state index contributed by atoms with van der Waals surface area (Å²) in [7, 11) is 0. The minimum atomic E-state index is -0.179. The van der Waals surface area contributed by atoms with E-state index in [9.17, 15) is 4.79 Å². The molecule has 3 rings (SSSR count). The Morgan fingerprint density at radius 3 is 3.00 bits per heavy atom. The van der Waals surface area contributed by atoms with Gasteiger partial charge in [-0.25, -0.2) is 4.79 Å². The van der Waals surface area contributed by atoms with Crippen molar-refractivity contribution in [3.63, 3.8) is 0 Å². The minimum Gasteiger partial charge on any atom is -0.493 e. The van der Waals surface area contributed by atoms with E-state index in [0.29, 0.717) is 13.2 Å². The zero-order valence-corrected chi connectivity index (χ0v) is 12.8. The monoisotopic (exact) mass is 322 g/mol. The third-order valence-corrected chi connectivity index (χ3v) is 4.55. The number of carbonyl (C=O) groups is 1. The summed E-state index contributed by atoms with van der Waals surface area (Å²) in [5.41, 5.74) is 1.03. The standard InChI is InChI=1S/C15H15ClN2O2S/c16-14-6-5-10(21-14)9-17-15(19)18-12-7-8-20-13-4-2-1-3-11(12)13/h1-6,12H,7-9H2,(H2,17,18,19)/t12-/m1/s1. The lowest BCUT2D eigenvalue weighted by atomic mass is 10.0. The Morgan fingerprint density at radius 1 is 1.33 bits per heavy atom. The predicted molar refractivity (Wildman–Crippen MR) is 84.0 cm³/mol. The van der Waals surface area contributed by atoms with Gasteiger partial charge in [-0.05, 0) is 18.2 Å². The summed E-state index contributed by atoms with van der Waals surface area (Å²) in [5, 5.41) is 5.85. The highest BCUT2D eigenvalue weighted by atomic mass is 35.5. The normalized spacial score (nSPS) is 16.7. The van der Waals surface area contributed by atoms with E-state index in [4.69, 9.17) is 16.3 Å². The maximum Gasteiger partial charge on any atom is 0.315 e. The molecule has 2 heterocycles. The smallest absolute Gasteiger partial charge is 0.315 e. The summed E-state index contributed by atoms with van der Waals surface area (Å²) in [6.07, 6.45) is 0.773. The van der Waals surface area contributed by atoms with Crippen LogP contribution in [-0.4, -0.2) is 12.6 Å². The molecule has 0 saturated carbocycles. The van der Waals surface area contributed by atoms with Crippen molar-refractivity contribution in [2.75, 3.05) is 6.61 Å². The zero-order chi connectivity index (χ0) is 14.7. The summed E-state index contributed by atoms with van der Waals surface area (Å²) in [4.78, 5) is 13.0. The molecule has 0 unspecified atom stereocenters. The Hall–Kier alpha value is -1.72. The Morgan fingerprint density at radius 2 is 2.19 bits per heavy atom. The number of thiophene rings is 1. The van der Waals surface area contributed by atoms with Gasteiger partial charge in [0.2, 0.25) is 0 Å². The summed E-state index contributed by atoms with van der Waals surface area (Å²) in [6, 6.07) is 11.3. The van der Waals surface area contributed by atoms with Gasteiger partial charge in [0.1, 0.15) is 5.75 Å². The molecule has 0 bridgehead atoms. The molecular weight excluding hydrogens is 308 g/mol. The SMILES string of the molecule is O=C(NCc1ccc(Cl)s1)N[C@@H]1CCOc2ccccc21. The van der Waals surface area contributed by atoms with Crippen molar-refractivity contribution in [2.24, 2.45) is 0 Å². The van der Waals surface area contributed by atoms with Crippen LogP contribution in [0.2, 0.25) is 4.34 Å². The number of rotatable bonds is 3. The predicted octanol–water partition coefficient (Wildman–Crippen LogP) is 3.72. The second-order valence-corrected chi connectivity index (χ2v) is 6.56. The number of nitrogens with one attached hydrogen (secondary N) is 2. The molecule has 2 N–H and O–H groups in total. The van der Waals surface area contributed by atoms with E-state index in [1.807, 2.05) is 36.4 Å². The van der Waals surface area contributed by atoms with E-state index in [-0.39, 0.29) is 12.1 Å². The number of fused-ring (bicyclic) bond motifs is 1. The molecule has 0 saturated heterocycles. The van der Waals surface area contributed by atoms with Gasteiger partial charge in [-0.2, -0.15) is 0 Å². The van der Waals surface area contributed by atoms with Gasteiger partial charge >= 0.3 is 6.03 Å². The lowest BCUT2D eigenvalue weighted by Crippen LogP contribution is -2.39. The average Bonchev–Trinajstić information content (AvgIpc) is 2.91. The molecule has 0 spiro atoms. The number of ether oxygens (including phenoxy) is 1. The molecule has 4 nitrogen and oxygen atoms in total. The fourth-order valence-electron chi connectivity index (χ4n) is 2.32. The van der Waals surface area contributed by atoms with Crippen molar-refractivity contribution in [2.45, 2.75) is 19.0 Å². The van der Waals surface area contributed by atoms with E-state index >= 15 is 0 Å². The number of urea groups is 1. The molecule has 1 aliphatic rings. The van der Waals surface area contributed by atoms with Gasteiger partial charge in [0.25, 0.3) is 0 Å². The number of para-hydroxylation sites is 1. The Kier molecular flexibility index (Phi) is 4.31. The largest absolute Gasteiger partial charge is 0.493 e. The maximum absolute atomic E-state index is 12.0. The van der Waals surface area contributed by atoms with Crippen molar-refractivity contribution in [3.8, 4) is 5.75 Å². The molecule has 6 heteroatoms. The molecule has 1 aliphatic heterocycles. The molecule has 0 fully saturated rings. The Balaban J connectivity index is 1.58. The fraction of sp³-hybridized carbons (Fsp3) is 0.267. The molecule has 0 radical (unpaired) electrons. The van der Waals surface area contributed by atoms with Gasteiger partial charge in [-0.3, -0.25) is 0 Å². The molecule has 2 amide bonds. The highest BCUT2D eigenvalue weighted by Gasteiger charge is 2.22. The van der Waals surface area contributed by atoms with E-state index in [2.05, 4.69) is 10.6 Å². The van der Waals surface area contributed by atoms with Crippen LogP contribution < -0.4 is 15.4 Å². The second-order valence-electron chi connectivity index (χ2n) is 4.76. The summed E-state index contributed by atoms with van der Waals surface area (Å²) in [5.74, 6) is 0.846. The average molecular weight is 323 g/mol. The van der Waals surface area contributed by atoms with Crippen LogP contribution in [0, 0.1) is 0 Å². The fourth-order valence-corrected chi connectivity index (χ4v) is 3.34. The quantitative estimate of drug-likeness (QED) is 0.904. The van der Waals surface area contributed by atoms with Crippen LogP contribution in [0.25, 0.3) is 0 Å². The number of amides is 2. The third kappa shape index (κ3) is 3.49. The van der Waals surface area contributed by atoms with Crippen LogP contribution in [0.1, 0.15) is 22.9 Å². The highest BCUT2D eigenvalue weighted by molar-refractivity contribution is 7.16. The van der Waals surface area contributed by atoms with E-state index in [0.717, 1.165) is 26.9 Å². The van der Waals surface area contributed by atoms with Gasteiger partial charge < -0.3 is 15.4 Å². The van der Waals surface area contributed by atoms with Gasteiger partial charge in [0.15, 0.2) is 0 Å². The van der Waals surface area contributed by atoms with Gasteiger partial charge in [0, 0.05) is 16.9 Å². The topological polar surface area (TPSA) is 50.4 Å². The lowest BCUT2D eigenvalue weighted by molar-refractivity contribution is 0.223. The molecule has 2 aromatic rings. The summed E-state index contributed by atoms with van der Waals surface area (Å²) < 4.78 is 6.31. The number of benzene rings is 1. The van der Waals surface area contributed by atoms with E-state index in [1.54, 1.807) is 0 Å². The second kappa shape index (κ2) is 6.37. The first-order chi connectivity index (χ1) is 10.2. The Bertz CT molecular complexity index is 644. The molecule has 0 aliphatic carbocycles. The van der Waals surface area contributed by atoms with Gasteiger partial charge in [0.05, 0.1) is 23.5 Å². The first-order valence-electron chi connectivity index (χ1n) is 6.72. The van der Waals surface area contributed by atoms with Gasteiger partial charge in [-0.15, -0.1) is 11.3 Å². The van der Waals surface area contributed by atoms with Crippen LogP contribution in [0.4, 0.5) is 4.79 Å². The number of hydrogen-bond acceptors (Lipinski definition) is 3. The number of hydrogen-bond donors (Lipinski definition) is 2. The first kappa shape index (κ1) is 14.2. The summed E-state index contributed by atoms with van der Waals surface area (Å²) >= 11 is 7.33. The lowest BCUT2D eigenvalue weighted by Gasteiger charge is -2.26. The van der Waals surface area contributed by atoms with Crippen LogP contribution >= 0.6 is 22.9 Å². The molecule has 1 aromatic carbocycles. The van der Waals surface area contributed by atoms with E-state index in [1.165, 1.54) is 11.3 Å². The number of halogens is 1. The third-order valence-electron chi connectivity index (χ3n) is 3.32. The first-order valence-corrected chi connectivity index (χ1v) is 7.92. The van der Waals surface area contributed by atoms with Crippen molar-refractivity contribution < 1.29 is 9.53 Å². The van der Waals surface area contributed by atoms with Crippen molar-refractivity contribution in [1.82, 2.24) is 10.6 Å². The molecular formula is C15H15ClN2O2S. The minimum absolute atomic E-state index is 0.0122. The number of carbonyl (C=O) groups excluding carboxylic acids is 1. The molecule has 21 heavy (non-hydrogen) atoms.